The SMILES string of the molecule is O=C(NCc1nnc(C2CC2)n1C1CC1)c1ccc(F)cc1O. The third-order valence-corrected chi connectivity index (χ3v) is 4.26. The molecule has 0 saturated heterocycles. The van der Waals surface area contributed by atoms with Gasteiger partial charge in [-0.3, -0.25) is 4.79 Å². The monoisotopic (exact) mass is 316 g/mol. The van der Waals surface area contributed by atoms with Gasteiger partial charge in [0.2, 0.25) is 0 Å². The first kappa shape index (κ1) is 14.2. The Morgan fingerprint density at radius 2 is 2.09 bits per heavy atom. The molecular formula is C16H17FN4O2. The Hall–Kier alpha value is -2.44. The molecule has 2 fully saturated rings. The quantitative estimate of drug-likeness (QED) is 0.887. The first-order valence-corrected chi connectivity index (χ1v) is 7.84. The van der Waals surface area contributed by atoms with E-state index in [1.807, 2.05) is 0 Å². The summed E-state index contributed by atoms with van der Waals surface area (Å²) < 4.78 is 15.1. The van der Waals surface area contributed by atoms with Crippen LogP contribution in [0.5, 0.6) is 5.75 Å². The van der Waals surface area contributed by atoms with Crippen molar-refractivity contribution < 1.29 is 14.3 Å². The van der Waals surface area contributed by atoms with E-state index in [-0.39, 0.29) is 17.9 Å². The van der Waals surface area contributed by atoms with Crippen molar-refractivity contribution in [1.82, 2.24) is 20.1 Å². The fourth-order valence-electron chi connectivity index (χ4n) is 2.76. The molecule has 23 heavy (non-hydrogen) atoms. The maximum Gasteiger partial charge on any atom is 0.255 e. The van der Waals surface area contributed by atoms with E-state index in [0.717, 1.165) is 49.5 Å². The molecule has 120 valence electrons. The average Bonchev–Trinajstić information content (AvgIpc) is 3.43. The van der Waals surface area contributed by atoms with E-state index in [1.165, 1.54) is 6.07 Å². The predicted molar refractivity (Wildman–Crippen MR) is 79.5 cm³/mol. The molecule has 0 radical (unpaired) electrons. The van der Waals surface area contributed by atoms with Crippen molar-refractivity contribution in [2.45, 2.75) is 44.2 Å². The van der Waals surface area contributed by atoms with Crippen LogP contribution in [0.25, 0.3) is 0 Å². The molecule has 2 aromatic rings. The van der Waals surface area contributed by atoms with Gasteiger partial charge in [-0.2, -0.15) is 0 Å². The van der Waals surface area contributed by atoms with Crippen LogP contribution in [0, 0.1) is 5.82 Å². The van der Waals surface area contributed by atoms with Crippen LogP contribution in [0.3, 0.4) is 0 Å². The summed E-state index contributed by atoms with van der Waals surface area (Å²) in [5.41, 5.74) is 0.0475. The summed E-state index contributed by atoms with van der Waals surface area (Å²) in [5.74, 6) is 0.867. The second kappa shape index (κ2) is 5.33. The van der Waals surface area contributed by atoms with Crippen LogP contribution in [-0.2, 0) is 6.54 Å². The van der Waals surface area contributed by atoms with Crippen molar-refractivity contribution in [1.29, 1.82) is 0 Å². The Kier molecular flexibility index (Phi) is 3.28. The number of carbonyl (C=O) groups excluding carboxylic acids is 1. The lowest BCUT2D eigenvalue weighted by atomic mass is 10.2. The van der Waals surface area contributed by atoms with Gasteiger partial charge in [0, 0.05) is 18.0 Å². The smallest absolute Gasteiger partial charge is 0.255 e. The third-order valence-electron chi connectivity index (χ3n) is 4.26. The van der Waals surface area contributed by atoms with E-state index in [0.29, 0.717) is 12.0 Å². The zero-order valence-corrected chi connectivity index (χ0v) is 12.5. The summed E-state index contributed by atoms with van der Waals surface area (Å²) in [7, 11) is 0. The molecule has 2 saturated carbocycles. The summed E-state index contributed by atoms with van der Waals surface area (Å²) in [4.78, 5) is 12.1. The molecule has 2 aliphatic carbocycles. The minimum Gasteiger partial charge on any atom is -0.507 e. The van der Waals surface area contributed by atoms with Crippen molar-refractivity contribution in [3.8, 4) is 5.75 Å². The van der Waals surface area contributed by atoms with Gasteiger partial charge in [0.25, 0.3) is 5.91 Å². The van der Waals surface area contributed by atoms with Gasteiger partial charge in [-0.25, -0.2) is 4.39 Å². The lowest BCUT2D eigenvalue weighted by Crippen LogP contribution is -2.25. The maximum absolute atomic E-state index is 13.0. The number of carbonyl (C=O) groups is 1. The lowest BCUT2D eigenvalue weighted by molar-refractivity contribution is 0.0946. The minimum atomic E-state index is -0.582. The Bertz CT molecular complexity index is 765. The van der Waals surface area contributed by atoms with E-state index in [9.17, 15) is 14.3 Å². The summed E-state index contributed by atoms with van der Waals surface area (Å²) >= 11 is 0. The van der Waals surface area contributed by atoms with Gasteiger partial charge in [-0.1, -0.05) is 0 Å². The summed E-state index contributed by atoms with van der Waals surface area (Å²) in [6.45, 7) is 0.242. The van der Waals surface area contributed by atoms with Gasteiger partial charge < -0.3 is 15.0 Å². The van der Waals surface area contributed by atoms with Gasteiger partial charge in [-0.15, -0.1) is 10.2 Å². The fraction of sp³-hybridized carbons (Fsp3) is 0.438. The number of rotatable bonds is 5. The molecule has 0 unspecified atom stereocenters. The highest BCUT2D eigenvalue weighted by Gasteiger charge is 2.36. The number of phenols is 1. The van der Waals surface area contributed by atoms with Crippen LogP contribution in [0.2, 0.25) is 0 Å². The van der Waals surface area contributed by atoms with Gasteiger partial charge in [0.1, 0.15) is 17.4 Å². The van der Waals surface area contributed by atoms with Crippen LogP contribution < -0.4 is 5.32 Å². The van der Waals surface area contributed by atoms with Crippen molar-refractivity contribution in [2.75, 3.05) is 0 Å². The Morgan fingerprint density at radius 3 is 2.74 bits per heavy atom. The van der Waals surface area contributed by atoms with E-state index >= 15 is 0 Å². The lowest BCUT2D eigenvalue weighted by Gasteiger charge is -2.10. The molecule has 0 aliphatic heterocycles. The average molecular weight is 316 g/mol. The van der Waals surface area contributed by atoms with Crippen LogP contribution >= 0.6 is 0 Å². The zero-order valence-electron chi connectivity index (χ0n) is 12.5. The molecule has 0 bridgehead atoms. The van der Waals surface area contributed by atoms with Crippen molar-refractivity contribution >= 4 is 5.91 Å². The number of aromatic hydroxyl groups is 1. The van der Waals surface area contributed by atoms with Gasteiger partial charge in [0.05, 0.1) is 12.1 Å². The highest BCUT2D eigenvalue weighted by atomic mass is 19.1. The number of nitrogens with zero attached hydrogens (tertiary/aromatic N) is 3. The first-order chi connectivity index (χ1) is 11.1. The van der Waals surface area contributed by atoms with Crippen LogP contribution in [0.15, 0.2) is 18.2 Å². The number of hydrogen-bond acceptors (Lipinski definition) is 4. The predicted octanol–water partition coefficient (Wildman–Crippen LogP) is 2.27. The Morgan fingerprint density at radius 1 is 1.30 bits per heavy atom. The molecule has 7 heteroatoms. The molecular weight excluding hydrogens is 299 g/mol. The second-order valence-corrected chi connectivity index (χ2v) is 6.19. The number of amides is 1. The van der Waals surface area contributed by atoms with Crippen LogP contribution in [-0.4, -0.2) is 25.8 Å². The molecule has 1 aromatic heterocycles. The number of aromatic nitrogens is 3. The van der Waals surface area contributed by atoms with E-state index in [1.54, 1.807) is 0 Å². The summed E-state index contributed by atoms with van der Waals surface area (Å²) in [6.07, 6.45) is 4.55. The largest absolute Gasteiger partial charge is 0.507 e. The topological polar surface area (TPSA) is 80.0 Å². The number of hydrogen-bond donors (Lipinski definition) is 2. The highest BCUT2D eigenvalue weighted by Crippen LogP contribution is 2.44. The first-order valence-electron chi connectivity index (χ1n) is 7.84. The molecule has 2 N–H and O–H groups in total. The van der Waals surface area contributed by atoms with E-state index < -0.39 is 11.7 Å². The molecule has 6 nitrogen and oxygen atoms in total. The van der Waals surface area contributed by atoms with Crippen molar-refractivity contribution in [2.24, 2.45) is 0 Å². The molecule has 0 atom stereocenters. The normalized spacial score (nSPS) is 17.3. The minimum absolute atomic E-state index is 0.0475. The fourth-order valence-corrected chi connectivity index (χ4v) is 2.76. The number of nitrogens with one attached hydrogen (secondary N) is 1. The molecule has 2 aliphatic rings. The van der Waals surface area contributed by atoms with Gasteiger partial charge >= 0.3 is 0 Å². The van der Waals surface area contributed by atoms with Crippen LogP contribution in [0.4, 0.5) is 4.39 Å². The Labute approximate surface area is 132 Å². The molecule has 1 aromatic carbocycles. The van der Waals surface area contributed by atoms with E-state index in [4.69, 9.17) is 0 Å². The third kappa shape index (κ3) is 2.78. The number of benzene rings is 1. The van der Waals surface area contributed by atoms with Crippen molar-refractivity contribution in [3.63, 3.8) is 0 Å². The second-order valence-electron chi connectivity index (χ2n) is 6.19. The standard InChI is InChI=1S/C16H17FN4O2/c17-10-3-6-12(13(22)7-10)16(23)18-8-14-19-20-15(9-1-2-9)21(14)11-4-5-11/h3,6-7,9,11,22H,1-2,4-5,8H2,(H,18,23). The van der Waals surface area contributed by atoms with E-state index in [2.05, 4.69) is 20.1 Å². The summed E-state index contributed by atoms with van der Waals surface area (Å²) in [6, 6.07) is 3.78. The van der Waals surface area contributed by atoms with Crippen LogP contribution in [0.1, 0.15) is 59.6 Å². The summed E-state index contributed by atoms with van der Waals surface area (Å²) in [5, 5.41) is 20.9. The number of phenolic OH excluding ortho intramolecular Hbond substituents is 1. The molecule has 4 rings (SSSR count). The Balaban J connectivity index is 1.49. The zero-order chi connectivity index (χ0) is 16.0. The maximum atomic E-state index is 13.0. The van der Waals surface area contributed by atoms with Gasteiger partial charge in [0.15, 0.2) is 5.82 Å². The highest BCUT2D eigenvalue weighted by molar-refractivity contribution is 5.96. The van der Waals surface area contributed by atoms with Gasteiger partial charge in [-0.05, 0) is 37.8 Å². The molecule has 1 amide bonds. The molecule has 0 spiro atoms. The molecule has 1 heterocycles. The van der Waals surface area contributed by atoms with Crippen molar-refractivity contribution in [3.05, 3.63) is 41.2 Å². The number of halogens is 1.